The summed E-state index contributed by atoms with van der Waals surface area (Å²) in [6.45, 7) is 0.896. The topological polar surface area (TPSA) is 67.8 Å². The van der Waals surface area contributed by atoms with Crippen LogP contribution in [0.15, 0.2) is 17.1 Å². The minimum Gasteiger partial charge on any atom is -0.377 e. The van der Waals surface area contributed by atoms with Crippen molar-refractivity contribution in [2.45, 2.75) is 37.0 Å². The van der Waals surface area contributed by atoms with Crippen LogP contribution in [0.5, 0.6) is 0 Å². The van der Waals surface area contributed by atoms with Crippen LogP contribution in [-0.4, -0.2) is 45.7 Å². The molecule has 6 heteroatoms. The van der Waals surface area contributed by atoms with Gasteiger partial charge in [0.05, 0.1) is 17.9 Å². The van der Waals surface area contributed by atoms with Crippen molar-refractivity contribution in [3.63, 3.8) is 0 Å². The lowest BCUT2D eigenvalue weighted by atomic mass is 10.0. The number of nitrogens with one attached hydrogen (secondary N) is 1. The highest BCUT2D eigenvalue weighted by atomic mass is 32.2. The van der Waals surface area contributed by atoms with Crippen LogP contribution in [0.1, 0.15) is 25.7 Å². The lowest BCUT2D eigenvalue weighted by Crippen LogP contribution is -2.29. The molecule has 102 valence electrons. The van der Waals surface area contributed by atoms with E-state index in [1.165, 1.54) is 0 Å². The van der Waals surface area contributed by atoms with E-state index in [1.54, 1.807) is 7.11 Å². The molecule has 0 aromatic carbocycles. The summed E-state index contributed by atoms with van der Waals surface area (Å²) in [6, 6.07) is 0. The van der Waals surface area contributed by atoms with Gasteiger partial charge in [-0.1, -0.05) is 6.08 Å². The molecule has 2 aliphatic rings. The van der Waals surface area contributed by atoms with Crippen molar-refractivity contribution in [1.29, 1.82) is 0 Å². The number of ether oxygens (including phenoxy) is 1. The average Bonchev–Trinajstić information content (AvgIpc) is 3.20. The van der Waals surface area contributed by atoms with Gasteiger partial charge in [-0.05, 0) is 31.8 Å². The van der Waals surface area contributed by atoms with Gasteiger partial charge in [0.2, 0.25) is 10.0 Å². The standard InChI is InChI=1S/C12H20N2O3S/c1-17-11-4-2-10(3-5-11)13-8-9-14-18(15,16)12-6-7-12/h2,4,11-12,14H,3,5-9H2,1H3. The average molecular weight is 272 g/mol. The van der Waals surface area contributed by atoms with Gasteiger partial charge in [-0.25, -0.2) is 13.1 Å². The Labute approximate surface area is 108 Å². The first kappa shape index (κ1) is 13.7. The summed E-state index contributed by atoms with van der Waals surface area (Å²) in [5.74, 6) is 0. The number of sulfonamides is 1. The highest BCUT2D eigenvalue weighted by Crippen LogP contribution is 2.27. The molecule has 0 aromatic rings. The van der Waals surface area contributed by atoms with Gasteiger partial charge in [-0.2, -0.15) is 0 Å². The Hall–Kier alpha value is -0.720. The molecule has 2 aliphatic carbocycles. The number of methoxy groups -OCH3 is 1. The summed E-state index contributed by atoms with van der Waals surface area (Å²) in [4.78, 5) is 4.38. The molecule has 0 saturated heterocycles. The molecule has 18 heavy (non-hydrogen) atoms. The molecular weight excluding hydrogens is 252 g/mol. The minimum absolute atomic E-state index is 0.151. The number of hydrogen-bond acceptors (Lipinski definition) is 4. The normalized spacial score (nSPS) is 26.7. The van der Waals surface area contributed by atoms with Gasteiger partial charge in [0.25, 0.3) is 0 Å². The molecule has 0 bridgehead atoms. The van der Waals surface area contributed by atoms with E-state index in [-0.39, 0.29) is 11.4 Å². The van der Waals surface area contributed by atoms with Gasteiger partial charge in [-0.15, -0.1) is 0 Å². The molecule has 1 fully saturated rings. The second kappa shape index (κ2) is 5.95. The SMILES string of the molecule is COC1C=CC(=NCCNS(=O)(=O)C2CC2)CC1. The van der Waals surface area contributed by atoms with E-state index in [4.69, 9.17) is 4.74 Å². The minimum atomic E-state index is -3.06. The fourth-order valence-corrected chi connectivity index (χ4v) is 3.27. The molecule has 0 aliphatic heterocycles. The van der Waals surface area contributed by atoms with Gasteiger partial charge in [0.15, 0.2) is 0 Å². The monoisotopic (exact) mass is 272 g/mol. The third-order valence-corrected chi connectivity index (χ3v) is 5.14. The molecule has 1 unspecified atom stereocenters. The van der Waals surface area contributed by atoms with E-state index in [0.717, 1.165) is 31.4 Å². The van der Waals surface area contributed by atoms with Gasteiger partial charge >= 0.3 is 0 Å². The summed E-state index contributed by atoms with van der Waals surface area (Å²) in [5.41, 5.74) is 1.02. The molecule has 1 saturated carbocycles. The zero-order chi connectivity index (χ0) is 13.0. The number of rotatable bonds is 6. The summed E-state index contributed by atoms with van der Waals surface area (Å²) in [5, 5.41) is -0.151. The van der Waals surface area contributed by atoms with Crippen LogP contribution in [0.3, 0.4) is 0 Å². The van der Waals surface area contributed by atoms with Crippen LogP contribution >= 0.6 is 0 Å². The number of hydrogen-bond donors (Lipinski definition) is 1. The fraction of sp³-hybridized carbons (Fsp3) is 0.750. The largest absolute Gasteiger partial charge is 0.377 e. The zero-order valence-electron chi connectivity index (χ0n) is 10.6. The third kappa shape index (κ3) is 3.90. The fourth-order valence-electron chi connectivity index (χ4n) is 1.90. The smallest absolute Gasteiger partial charge is 0.214 e. The van der Waals surface area contributed by atoms with E-state index in [9.17, 15) is 8.42 Å². The molecule has 0 amide bonds. The van der Waals surface area contributed by atoms with Crippen molar-refractivity contribution >= 4 is 15.7 Å². The molecule has 2 rings (SSSR count). The van der Waals surface area contributed by atoms with Crippen molar-refractivity contribution in [2.75, 3.05) is 20.2 Å². The third-order valence-electron chi connectivity index (χ3n) is 3.18. The Morgan fingerprint density at radius 2 is 2.22 bits per heavy atom. The maximum atomic E-state index is 11.5. The van der Waals surface area contributed by atoms with E-state index < -0.39 is 10.0 Å². The van der Waals surface area contributed by atoms with Gasteiger partial charge in [0, 0.05) is 19.4 Å². The lowest BCUT2D eigenvalue weighted by Gasteiger charge is -2.15. The maximum absolute atomic E-state index is 11.5. The predicted octanol–water partition coefficient (Wildman–Crippen LogP) is 0.874. The van der Waals surface area contributed by atoms with Crippen molar-refractivity contribution in [1.82, 2.24) is 4.72 Å². The van der Waals surface area contributed by atoms with Crippen LogP contribution in [0, 0.1) is 0 Å². The van der Waals surface area contributed by atoms with Crippen molar-refractivity contribution in [3.05, 3.63) is 12.2 Å². The molecule has 0 aromatic heterocycles. The van der Waals surface area contributed by atoms with Crippen LogP contribution in [-0.2, 0) is 14.8 Å². The van der Waals surface area contributed by atoms with Crippen LogP contribution in [0.25, 0.3) is 0 Å². The molecular formula is C12H20N2O3S. The van der Waals surface area contributed by atoms with Gasteiger partial charge in [-0.3, -0.25) is 4.99 Å². The second-order valence-corrected chi connectivity index (χ2v) is 6.73. The van der Waals surface area contributed by atoms with Crippen LogP contribution in [0.4, 0.5) is 0 Å². The second-order valence-electron chi connectivity index (χ2n) is 4.68. The van der Waals surface area contributed by atoms with Gasteiger partial charge < -0.3 is 4.74 Å². The number of allylic oxidation sites excluding steroid dienone is 1. The van der Waals surface area contributed by atoms with E-state index in [2.05, 4.69) is 9.71 Å². The Bertz CT molecular complexity index is 438. The van der Waals surface area contributed by atoms with E-state index in [1.807, 2.05) is 12.2 Å². The van der Waals surface area contributed by atoms with E-state index >= 15 is 0 Å². The Balaban J connectivity index is 1.72. The Morgan fingerprint density at radius 3 is 2.78 bits per heavy atom. The molecule has 1 atom stereocenters. The van der Waals surface area contributed by atoms with Crippen molar-refractivity contribution < 1.29 is 13.2 Å². The van der Waals surface area contributed by atoms with Crippen LogP contribution in [0.2, 0.25) is 0 Å². The van der Waals surface area contributed by atoms with Crippen molar-refractivity contribution in [2.24, 2.45) is 4.99 Å². The molecule has 5 nitrogen and oxygen atoms in total. The molecule has 0 radical (unpaired) electrons. The first-order chi connectivity index (χ1) is 8.62. The maximum Gasteiger partial charge on any atom is 0.214 e. The Kier molecular flexibility index (Phi) is 4.53. The van der Waals surface area contributed by atoms with Crippen molar-refractivity contribution in [3.8, 4) is 0 Å². The quantitative estimate of drug-likeness (QED) is 0.730. The Morgan fingerprint density at radius 1 is 1.44 bits per heavy atom. The molecule has 1 N–H and O–H groups in total. The molecule has 0 spiro atoms. The highest BCUT2D eigenvalue weighted by molar-refractivity contribution is 7.90. The van der Waals surface area contributed by atoms with E-state index in [0.29, 0.717) is 13.1 Å². The molecule has 0 heterocycles. The number of aliphatic imine (C=N–C) groups is 1. The highest BCUT2D eigenvalue weighted by Gasteiger charge is 2.35. The van der Waals surface area contributed by atoms with Gasteiger partial charge in [0.1, 0.15) is 0 Å². The number of nitrogens with zero attached hydrogens (tertiary/aromatic N) is 1. The zero-order valence-corrected chi connectivity index (χ0v) is 11.4. The predicted molar refractivity (Wildman–Crippen MR) is 71.4 cm³/mol. The summed E-state index contributed by atoms with van der Waals surface area (Å²) < 4.78 is 30.9. The first-order valence-corrected chi connectivity index (χ1v) is 7.89. The lowest BCUT2D eigenvalue weighted by molar-refractivity contribution is 0.134. The summed E-state index contributed by atoms with van der Waals surface area (Å²) in [6.07, 6.45) is 7.58. The summed E-state index contributed by atoms with van der Waals surface area (Å²) >= 11 is 0. The van der Waals surface area contributed by atoms with Crippen LogP contribution < -0.4 is 4.72 Å². The summed E-state index contributed by atoms with van der Waals surface area (Å²) in [7, 11) is -1.36. The first-order valence-electron chi connectivity index (χ1n) is 6.34.